The summed E-state index contributed by atoms with van der Waals surface area (Å²) in [6.45, 7) is 4.00. The second kappa shape index (κ2) is 5.85. The summed E-state index contributed by atoms with van der Waals surface area (Å²) in [5.41, 5.74) is 2.74. The van der Waals surface area contributed by atoms with E-state index in [4.69, 9.17) is 0 Å². The lowest BCUT2D eigenvalue weighted by Gasteiger charge is -2.25. The van der Waals surface area contributed by atoms with Crippen molar-refractivity contribution in [2.45, 2.75) is 32.2 Å². The van der Waals surface area contributed by atoms with E-state index in [1.165, 1.54) is 0 Å². The quantitative estimate of drug-likeness (QED) is 0.873. The SMILES string of the molecule is Cc1cc(CC(=O)c2cccn2C2CCNCC2)n(C)n1. The van der Waals surface area contributed by atoms with E-state index < -0.39 is 0 Å². The minimum Gasteiger partial charge on any atom is -0.342 e. The van der Waals surface area contributed by atoms with Crippen LogP contribution in [0.2, 0.25) is 0 Å². The zero-order chi connectivity index (χ0) is 14.8. The Kier molecular flexibility index (Phi) is 3.92. The molecule has 3 rings (SSSR count). The van der Waals surface area contributed by atoms with Crippen LogP contribution in [0, 0.1) is 6.92 Å². The molecule has 3 heterocycles. The summed E-state index contributed by atoms with van der Waals surface area (Å²) in [5.74, 6) is 0.168. The molecule has 0 radical (unpaired) electrons. The largest absolute Gasteiger partial charge is 0.342 e. The molecule has 1 aliphatic heterocycles. The highest BCUT2D eigenvalue weighted by Gasteiger charge is 2.20. The molecule has 1 saturated heterocycles. The van der Waals surface area contributed by atoms with E-state index in [9.17, 15) is 4.79 Å². The predicted octanol–water partition coefficient (Wildman–Crippen LogP) is 1.88. The topological polar surface area (TPSA) is 51.9 Å². The number of aromatic nitrogens is 3. The number of ketones is 1. The maximum Gasteiger partial charge on any atom is 0.185 e. The van der Waals surface area contributed by atoms with E-state index in [-0.39, 0.29) is 5.78 Å². The van der Waals surface area contributed by atoms with E-state index in [0.717, 1.165) is 43.0 Å². The average Bonchev–Trinajstić information content (AvgIpc) is 3.07. The smallest absolute Gasteiger partial charge is 0.185 e. The standard InChI is InChI=1S/C16H22N4O/c1-12-10-14(19(2)18-12)11-16(21)15-4-3-9-20(15)13-5-7-17-8-6-13/h3-4,9-10,13,17H,5-8,11H2,1-2H3. The van der Waals surface area contributed by atoms with Gasteiger partial charge in [0.25, 0.3) is 0 Å². The Morgan fingerprint density at radius 3 is 2.86 bits per heavy atom. The fraction of sp³-hybridized carbons (Fsp3) is 0.500. The number of carbonyl (C=O) groups excluding carboxylic acids is 1. The van der Waals surface area contributed by atoms with E-state index in [1.54, 1.807) is 4.68 Å². The monoisotopic (exact) mass is 286 g/mol. The van der Waals surface area contributed by atoms with E-state index in [1.807, 2.05) is 38.4 Å². The van der Waals surface area contributed by atoms with Gasteiger partial charge in [-0.2, -0.15) is 5.10 Å². The minimum absolute atomic E-state index is 0.168. The fourth-order valence-electron chi connectivity index (χ4n) is 3.12. The number of hydrogen-bond donors (Lipinski definition) is 1. The van der Waals surface area contributed by atoms with Crippen molar-refractivity contribution in [1.29, 1.82) is 0 Å². The Labute approximate surface area is 125 Å². The molecule has 2 aromatic rings. The Hall–Kier alpha value is -1.88. The van der Waals surface area contributed by atoms with Crippen molar-refractivity contribution in [3.05, 3.63) is 41.5 Å². The highest BCUT2D eigenvalue weighted by Crippen LogP contribution is 2.22. The summed E-state index contributed by atoms with van der Waals surface area (Å²) >= 11 is 0. The number of hydrogen-bond acceptors (Lipinski definition) is 3. The van der Waals surface area contributed by atoms with Crippen LogP contribution in [0.5, 0.6) is 0 Å². The number of carbonyl (C=O) groups is 1. The summed E-state index contributed by atoms with van der Waals surface area (Å²) < 4.78 is 3.96. The molecule has 0 spiro atoms. The third kappa shape index (κ3) is 2.93. The molecule has 1 fully saturated rings. The third-order valence-corrected chi connectivity index (χ3v) is 4.21. The highest BCUT2D eigenvalue weighted by molar-refractivity contribution is 5.96. The van der Waals surface area contributed by atoms with Crippen LogP contribution in [-0.2, 0) is 13.5 Å². The molecular formula is C16H22N4O. The molecule has 0 bridgehead atoms. The lowest BCUT2D eigenvalue weighted by atomic mass is 10.1. The molecular weight excluding hydrogens is 264 g/mol. The maximum absolute atomic E-state index is 12.6. The van der Waals surface area contributed by atoms with Gasteiger partial charge in [0.05, 0.1) is 17.8 Å². The van der Waals surface area contributed by atoms with Crippen molar-refractivity contribution in [2.24, 2.45) is 7.05 Å². The number of nitrogens with one attached hydrogen (secondary N) is 1. The molecule has 5 nitrogen and oxygen atoms in total. The fourth-order valence-corrected chi connectivity index (χ4v) is 3.12. The zero-order valence-electron chi connectivity index (χ0n) is 12.7. The molecule has 5 heteroatoms. The number of rotatable bonds is 4. The van der Waals surface area contributed by atoms with Crippen molar-refractivity contribution in [1.82, 2.24) is 19.7 Å². The first-order valence-corrected chi connectivity index (χ1v) is 7.55. The summed E-state index contributed by atoms with van der Waals surface area (Å²) in [6.07, 6.45) is 4.61. The van der Waals surface area contributed by atoms with Crippen LogP contribution in [0.1, 0.15) is 40.8 Å². The normalized spacial score (nSPS) is 16.3. The van der Waals surface area contributed by atoms with E-state index in [2.05, 4.69) is 15.0 Å². The number of aryl methyl sites for hydroxylation is 2. The molecule has 21 heavy (non-hydrogen) atoms. The Bertz CT molecular complexity index is 634. The van der Waals surface area contributed by atoms with Gasteiger partial charge in [0, 0.05) is 25.0 Å². The Balaban J connectivity index is 1.79. The average molecular weight is 286 g/mol. The number of piperidine rings is 1. The molecule has 0 aromatic carbocycles. The lowest BCUT2D eigenvalue weighted by Crippen LogP contribution is -2.30. The van der Waals surface area contributed by atoms with Crippen LogP contribution < -0.4 is 5.32 Å². The van der Waals surface area contributed by atoms with Crippen LogP contribution in [-0.4, -0.2) is 33.2 Å². The molecule has 0 saturated carbocycles. The molecule has 1 N–H and O–H groups in total. The van der Waals surface area contributed by atoms with Gasteiger partial charge in [-0.1, -0.05) is 0 Å². The van der Waals surface area contributed by atoms with Crippen molar-refractivity contribution >= 4 is 5.78 Å². The van der Waals surface area contributed by atoms with Crippen LogP contribution in [0.15, 0.2) is 24.4 Å². The van der Waals surface area contributed by atoms with Crippen molar-refractivity contribution < 1.29 is 4.79 Å². The van der Waals surface area contributed by atoms with E-state index >= 15 is 0 Å². The van der Waals surface area contributed by atoms with Gasteiger partial charge in [0.2, 0.25) is 0 Å². The highest BCUT2D eigenvalue weighted by atomic mass is 16.1. The van der Waals surface area contributed by atoms with Crippen LogP contribution >= 0.6 is 0 Å². The Morgan fingerprint density at radius 1 is 1.43 bits per heavy atom. The molecule has 112 valence electrons. The maximum atomic E-state index is 12.6. The van der Waals surface area contributed by atoms with Gasteiger partial charge >= 0.3 is 0 Å². The molecule has 0 aliphatic carbocycles. The van der Waals surface area contributed by atoms with Crippen molar-refractivity contribution in [3.63, 3.8) is 0 Å². The number of Topliss-reactive ketones (excluding diaryl/α,β-unsaturated/α-hetero) is 1. The molecule has 0 atom stereocenters. The zero-order valence-corrected chi connectivity index (χ0v) is 12.7. The first-order chi connectivity index (χ1) is 10.1. The van der Waals surface area contributed by atoms with Gasteiger partial charge in [-0.3, -0.25) is 9.48 Å². The molecule has 2 aromatic heterocycles. The first-order valence-electron chi connectivity index (χ1n) is 7.55. The third-order valence-electron chi connectivity index (χ3n) is 4.21. The van der Waals surface area contributed by atoms with Gasteiger partial charge < -0.3 is 9.88 Å². The molecule has 1 aliphatic rings. The van der Waals surface area contributed by atoms with E-state index in [0.29, 0.717) is 12.5 Å². The van der Waals surface area contributed by atoms with Crippen molar-refractivity contribution in [2.75, 3.05) is 13.1 Å². The van der Waals surface area contributed by atoms with Crippen LogP contribution in [0.4, 0.5) is 0 Å². The van der Waals surface area contributed by atoms with Crippen LogP contribution in [0.25, 0.3) is 0 Å². The van der Waals surface area contributed by atoms with Crippen molar-refractivity contribution in [3.8, 4) is 0 Å². The van der Waals surface area contributed by atoms with Gasteiger partial charge in [0.15, 0.2) is 5.78 Å². The van der Waals surface area contributed by atoms with Gasteiger partial charge in [0.1, 0.15) is 0 Å². The summed E-state index contributed by atoms with van der Waals surface area (Å²) in [4.78, 5) is 12.6. The second-order valence-electron chi connectivity index (χ2n) is 5.78. The lowest BCUT2D eigenvalue weighted by molar-refractivity contribution is 0.0978. The molecule has 0 unspecified atom stereocenters. The summed E-state index contributed by atoms with van der Waals surface area (Å²) in [7, 11) is 1.89. The number of nitrogens with zero attached hydrogens (tertiary/aromatic N) is 3. The summed E-state index contributed by atoms with van der Waals surface area (Å²) in [6, 6.07) is 6.33. The second-order valence-corrected chi connectivity index (χ2v) is 5.78. The van der Waals surface area contributed by atoms with Gasteiger partial charge in [-0.25, -0.2) is 0 Å². The van der Waals surface area contributed by atoms with Crippen LogP contribution in [0.3, 0.4) is 0 Å². The Morgan fingerprint density at radius 2 is 2.19 bits per heavy atom. The van der Waals surface area contributed by atoms with Gasteiger partial charge in [-0.15, -0.1) is 0 Å². The minimum atomic E-state index is 0.168. The van der Waals surface area contributed by atoms with Gasteiger partial charge in [-0.05, 0) is 51.1 Å². The first kappa shape index (κ1) is 14.1. The molecule has 0 amide bonds. The summed E-state index contributed by atoms with van der Waals surface area (Å²) in [5, 5.41) is 7.67. The predicted molar refractivity (Wildman–Crippen MR) is 81.6 cm³/mol.